The number of carboxylic acids is 1. The topological polar surface area (TPSA) is 128 Å². The van der Waals surface area contributed by atoms with Gasteiger partial charge in [0.05, 0.1) is 18.2 Å². The van der Waals surface area contributed by atoms with Crippen LogP contribution in [-0.2, 0) is 19.1 Å². The maximum atomic E-state index is 13.1. The van der Waals surface area contributed by atoms with E-state index in [4.69, 9.17) is 14.2 Å². The molecule has 0 saturated carbocycles. The van der Waals surface area contributed by atoms with E-state index in [1.807, 2.05) is 0 Å². The molecule has 0 saturated heterocycles. The van der Waals surface area contributed by atoms with Crippen LogP contribution in [0, 0.1) is 0 Å². The Hall–Kier alpha value is -4.66. The van der Waals surface area contributed by atoms with Crippen molar-refractivity contribution in [2.75, 3.05) is 12.4 Å². The van der Waals surface area contributed by atoms with Gasteiger partial charge in [-0.25, -0.2) is 14.4 Å². The van der Waals surface area contributed by atoms with Crippen molar-refractivity contribution in [3.8, 4) is 5.75 Å². The van der Waals surface area contributed by atoms with E-state index in [-0.39, 0.29) is 16.8 Å². The molecule has 2 N–H and O–H groups in total. The van der Waals surface area contributed by atoms with Gasteiger partial charge in [-0.1, -0.05) is 42.5 Å². The zero-order valence-electron chi connectivity index (χ0n) is 18.0. The molecule has 0 aliphatic rings. The molecule has 3 aromatic rings. The Balaban J connectivity index is 1.90. The van der Waals surface area contributed by atoms with Gasteiger partial charge in [0.15, 0.2) is 0 Å². The molecule has 1 amide bonds. The third-order valence-electron chi connectivity index (χ3n) is 4.60. The van der Waals surface area contributed by atoms with Gasteiger partial charge in [-0.2, -0.15) is 0 Å². The van der Waals surface area contributed by atoms with Crippen LogP contribution in [-0.4, -0.2) is 48.2 Å². The predicted octanol–water partition coefficient (Wildman–Crippen LogP) is 3.17. The molecule has 9 heteroatoms. The maximum absolute atomic E-state index is 13.1. The van der Waals surface area contributed by atoms with E-state index in [0.717, 1.165) is 0 Å². The number of anilines is 1. The highest BCUT2D eigenvalue weighted by atomic mass is 16.6. The number of esters is 2. The quantitative estimate of drug-likeness (QED) is 0.463. The van der Waals surface area contributed by atoms with E-state index in [1.54, 1.807) is 48.5 Å². The highest BCUT2D eigenvalue weighted by molar-refractivity contribution is 6.01. The number of benzene rings is 3. The van der Waals surface area contributed by atoms with Crippen molar-refractivity contribution in [3.63, 3.8) is 0 Å². The van der Waals surface area contributed by atoms with Gasteiger partial charge < -0.3 is 24.6 Å². The normalized spacial score (nSPS) is 12.0. The number of hydrogen-bond acceptors (Lipinski definition) is 7. The molecule has 174 valence electrons. The van der Waals surface area contributed by atoms with Crippen molar-refractivity contribution in [3.05, 3.63) is 96.1 Å². The van der Waals surface area contributed by atoms with Crippen LogP contribution in [0.2, 0.25) is 0 Å². The number of methoxy groups -OCH3 is 1. The Morgan fingerprint density at radius 2 is 1.26 bits per heavy atom. The molecule has 0 aliphatic carbocycles. The van der Waals surface area contributed by atoms with Gasteiger partial charge >= 0.3 is 17.9 Å². The summed E-state index contributed by atoms with van der Waals surface area (Å²) < 4.78 is 15.5. The van der Waals surface area contributed by atoms with E-state index in [1.165, 1.54) is 43.5 Å². The Morgan fingerprint density at radius 1 is 0.735 bits per heavy atom. The summed E-state index contributed by atoms with van der Waals surface area (Å²) >= 11 is 0. The minimum Gasteiger partial charge on any atom is -0.497 e. The number of aliphatic carboxylic acids is 1. The first-order valence-corrected chi connectivity index (χ1v) is 10.1. The van der Waals surface area contributed by atoms with E-state index in [0.29, 0.717) is 5.75 Å². The average Bonchev–Trinajstić information content (AvgIpc) is 2.86. The molecule has 3 rings (SSSR count). The monoisotopic (exact) mass is 463 g/mol. The molecule has 2 atom stereocenters. The number of amides is 1. The molecular formula is C25H21NO8. The second-order valence-electron chi connectivity index (χ2n) is 6.94. The predicted molar refractivity (Wildman–Crippen MR) is 121 cm³/mol. The molecule has 0 spiro atoms. The zero-order chi connectivity index (χ0) is 24.5. The summed E-state index contributed by atoms with van der Waals surface area (Å²) in [4.78, 5) is 50.2. The van der Waals surface area contributed by atoms with Crippen LogP contribution in [0.15, 0.2) is 84.9 Å². The zero-order valence-corrected chi connectivity index (χ0v) is 18.0. The van der Waals surface area contributed by atoms with Gasteiger partial charge in [0.2, 0.25) is 12.2 Å². The Morgan fingerprint density at radius 3 is 1.76 bits per heavy atom. The fraction of sp³-hybridized carbons (Fsp3) is 0.120. The highest BCUT2D eigenvalue weighted by Crippen LogP contribution is 2.19. The van der Waals surface area contributed by atoms with Crippen LogP contribution < -0.4 is 10.1 Å². The average molecular weight is 463 g/mol. The standard InChI is InChI=1S/C25H21NO8/c1-32-19-14-8-13-18(15-19)26-22(27)20(33-24(30)16-9-4-2-5-10-16)21(23(28)29)34-25(31)17-11-6-3-7-12-17/h2-15,20-21H,1H3,(H,26,27)(H,28,29)/t20-,21-/m0/s1. The molecule has 3 aromatic carbocycles. The number of hydrogen-bond donors (Lipinski definition) is 2. The first-order chi connectivity index (χ1) is 16.4. The minimum absolute atomic E-state index is 0.0649. The van der Waals surface area contributed by atoms with Crippen molar-refractivity contribution in [2.24, 2.45) is 0 Å². The maximum Gasteiger partial charge on any atom is 0.349 e. The summed E-state index contributed by atoms with van der Waals surface area (Å²) in [7, 11) is 1.44. The van der Waals surface area contributed by atoms with Gasteiger partial charge in [0, 0.05) is 11.8 Å². The van der Waals surface area contributed by atoms with E-state index < -0.39 is 36.0 Å². The summed E-state index contributed by atoms with van der Waals surface area (Å²) in [6.07, 6.45) is -4.12. The van der Waals surface area contributed by atoms with Crippen LogP contribution in [0.25, 0.3) is 0 Å². The Bertz CT molecular complexity index is 1160. The van der Waals surface area contributed by atoms with Crippen LogP contribution >= 0.6 is 0 Å². The van der Waals surface area contributed by atoms with Crippen molar-refractivity contribution in [1.82, 2.24) is 0 Å². The van der Waals surface area contributed by atoms with E-state index in [9.17, 15) is 24.3 Å². The Kier molecular flexibility index (Phi) is 7.96. The van der Waals surface area contributed by atoms with Crippen molar-refractivity contribution < 1.29 is 38.5 Å². The summed E-state index contributed by atoms with van der Waals surface area (Å²) in [6, 6.07) is 21.6. The molecular weight excluding hydrogens is 442 g/mol. The summed E-state index contributed by atoms with van der Waals surface area (Å²) in [5, 5.41) is 12.2. The van der Waals surface area contributed by atoms with E-state index in [2.05, 4.69) is 5.32 Å². The second-order valence-corrected chi connectivity index (χ2v) is 6.94. The molecule has 9 nitrogen and oxygen atoms in total. The highest BCUT2D eigenvalue weighted by Gasteiger charge is 2.41. The fourth-order valence-electron chi connectivity index (χ4n) is 2.92. The Labute approximate surface area is 194 Å². The van der Waals surface area contributed by atoms with Crippen LogP contribution in [0.3, 0.4) is 0 Å². The summed E-state index contributed by atoms with van der Waals surface area (Å²) in [6.45, 7) is 0. The SMILES string of the molecule is COc1cccc(NC(=O)[C@@H](OC(=O)c2ccccc2)[C@H](OC(=O)c2ccccc2)C(=O)O)c1. The summed E-state index contributed by atoms with van der Waals surface area (Å²) in [5.41, 5.74) is 0.402. The van der Waals surface area contributed by atoms with Gasteiger partial charge in [0.1, 0.15) is 5.75 Å². The van der Waals surface area contributed by atoms with Gasteiger partial charge in [-0.3, -0.25) is 4.79 Å². The van der Waals surface area contributed by atoms with Gasteiger partial charge in [-0.05, 0) is 36.4 Å². The smallest absolute Gasteiger partial charge is 0.349 e. The minimum atomic E-state index is -2.12. The number of carbonyl (C=O) groups excluding carboxylic acids is 3. The third-order valence-corrected chi connectivity index (χ3v) is 4.60. The lowest BCUT2D eigenvalue weighted by atomic mass is 10.1. The van der Waals surface area contributed by atoms with Crippen LogP contribution in [0.1, 0.15) is 20.7 Å². The molecule has 0 heterocycles. The van der Waals surface area contributed by atoms with Crippen molar-refractivity contribution >= 4 is 29.5 Å². The number of carboxylic acid groups (broad SMARTS) is 1. The fourth-order valence-corrected chi connectivity index (χ4v) is 2.92. The molecule has 0 fully saturated rings. The molecule has 0 aromatic heterocycles. The van der Waals surface area contributed by atoms with Crippen LogP contribution in [0.5, 0.6) is 5.75 Å². The van der Waals surface area contributed by atoms with Gasteiger partial charge in [0.25, 0.3) is 5.91 Å². The molecule has 34 heavy (non-hydrogen) atoms. The first kappa shape index (κ1) is 24.0. The number of nitrogens with one attached hydrogen (secondary N) is 1. The molecule has 0 radical (unpaired) electrons. The number of carbonyl (C=O) groups is 4. The lowest BCUT2D eigenvalue weighted by Crippen LogP contribution is -2.48. The molecule has 0 aliphatic heterocycles. The largest absolute Gasteiger partial charge is 0.497 e. The van der Waals surface area contributed by atoms with Crippen molar-refractivity contribution in [2.45, 2.75) is 12.2 Å². The third kappa shape index (κ3) is 6.19. The van der Waals surface area contributed by atoms with Crippen LogP contribution in [0.4, 0.5) is 5.69 Å². The number of ether oxygens (including phenoxy) is 3. The van der Waals surface area contributed by atoms with E-state index >= 15 is 0 Å². The second kappa shape index (κ2) is 11.3. The van der Waals surface area contributed by atoms with Crippen molar-refractivity contribution in [1.29, 1.82) is 0 Å². The summed E-state index contributed by atoms with van der Waals surface area (Å²) in [5.74, 6) is -4.21. The first-order valence-electron chi connectivity index (χ1n) is 10.1. The van der Waals surface area contributed by atoms with Gasteiger partial charge in [-0.15, -0.1) is 0 Å². The lowest BCUT2D eigenvalue weighted by Gasteiger charge is -2.23. The molecule has 0 bridgehead atoms. The number of rotatable bonds is 9. The lowest BCUT2D eigenvalue weighted by molar-refractivity contribution is -0.157. The molecule has 0 unspecified atom stereocenters.